The van der Waals surface area contributed by atoms with E-state index >= 15 is 0 Å². The van der Waals surface area contributed by atoms with Gasteiger partial charge >= 0.3 is 0 Å². The zero-order valence-electron chi connectivity index (χ0n) is 35.0. The lowest BCUT2D eigenvalue weighted by atomic mass is 9.76. The molecular formula is C60H41N3. The van der Waals surface area contributed by atoms with Gasteiger partial charge in [0.2, 0.25) is 0 Å². The fourth-order valence-electron chi connectivity index (χ4n) is 10.3. The highest BCUT2D eigenvalue weighted by Gasteiger charge is 2.39. The highest BCUT2D eigenvalue weighted by molar-refractivity contribution is 6.13. The Labute approximate surface area is 367 Å². The summed E-state index contributed by atoms with van der Waals surface area (Å²) in [5.41, 5.74) is 17.2. The Balaban J connectivity index is 0.995. The number of hydrogen-bond donors (Lipinski definition) is 0. The van der Waals surface area contributed by atoms with E-state index in [9.17, 15) is 0 Å². The number of hydrogen-bond acceptors (Lipinski definition) is 3. The van der Waals surface area contributed by atoms with Crippen molar-refractivity contribution in [3.63, 3.8) is 0 Å². The molecule has 0 radical (unpaired) electrons. The largest absolute Gasteiger partial charge is 0.264 e. The van der Waals surface area contributed by atoms with Gasteiger partial charge in [0, 0.05) is 34.5 Å². The second kappa shape index (κ2) is 14.6. The Morgan fingerprint density at radius 1 is 0.333 bits per heavy atom. The zero-order chi connectivity index (χ0) is 42.1. The van der Waals surface area contributed by atoms with E-state index in [1.807, 2.05) is 18.3 Å². The van der Waals surface area contributed by atoms with Gasteiger partial charge in [-0.2, -0.15) is 0 Å². The number of nitrogens with zero attached hydrogens (tertiary/aromatic N) is 3. The molecule has 0 saturated carbocycles. The third kappa shape index (κ3) is 6.00. The van der Waals surface area contributed by atoms with Crippen LogP contribution in [0.4, 0.5) is 0 Å². The predicted octanol–water partition coefficient (Wildman–Crippen LogP) is 15.6. The predicted molar refractivity (Wildman–Crippen MR) is 263 cm³/mol. The molecule has 0 amide bonds. The summed E-state index contributed by atoms with van der Waals surface area (Å²) in [6.07, 6.45) is 3.70. The van der Waals surface area contributed by atoms with Crippen molar-refractivity contribution in [3.05, 3.63) is 224 Å². The van der Waals surface area contributed by atoms with Gasteiger partial charge in [-0.3, -0.25) is 4.98 Å². The minimum Gasteiger partial charge on any atom is -0.264 e. The van der Waals surface area contributed by atoms with Crippen LogP contribution in [0, 0.1) is 0 Å². The van der Waals surface area contributed by atoms with E-state index in [4.69, 9.17) is 9.97 Å². The molecule has 0 bridgehead atoms. The van der Waals surface area contributed by atoms with E-state index < -0.39 is 0 Å². The number of rotatable bonds is 6. The minimum atomic E-state index is -0.184. The van der Waals surface area contributed by atoms with Gasteiger partial charge in [-0.15, -0.1) is 0 Å². The molecule has 63 heavy (non-hydrogen) atoms. The van der Waals surface area contributed by atoms with Crippen LogP contribution < -0.4 is 0 Å². The van der Waals surface area contributed by atoms with E-state index in [0.717, 1.165) is 50.0 Å². The lowest BCUT2D eigenvalue weighted by molar-refractivity contribution is 0.668. The topological polar surface area (TPSA) is 38.7 Å². The third-order valence-electron chi connectivity index (χ3n) is 13.2. The Bertz CT molecular complexity index is 3570. The van der Waals surface area contributed by atoms with Gasteiger partial charge < -0.3 is 0 Å². The van der Waals surface area contributed by atoms with Crippen molar-refractivity contribution < 1.29 is 0 Å². The molecule has 0 aliphatic heterocycles. The molecule has 0 unspecified atom stereocenters. The van der Waals surface area contributed by atoms with Crippen LogP contribution in [-0.2, 0) is 5.41 Å². The molecule has 12 rings (SSSR count). The molecular weight excluding hydrogens is 763 g/mol. The van der Waals surface area contributed by atoms with E-state index in [2.05, 4.69) is 207 Å². The van der Waals surface area contributed by atoms with E-state index in [0.29, 0.717) is 5.82 Å². The lowest BCUT2D eigenvalue weighted by Crippen LogP contribution is -2.17. The van der Waals surface area contributed by atoms with Crippen LogP contribution in [0.2, 0.25) is 0 Å². The minimum absolute atomic E-state index is 0.184. The molecule has 296 valence electrons. The van der Waals surface area contributed by atoms with E-state index in [1.165, 1.54) is 66.1 Å². The van der Waals surface area contributed by atoms with Crippen molar-refractivity contribution >= 4 is 32.3 Å². The summed E-state index contributed by atoms with van der Waals surface area (Å²) in [6, 6.07) is 72.2. The fourth-order valence-corrected chi connectivity index (χ4v) is 10.3. The molecule has 1 aliphatic carbocycles. The Morgan fingerprint density at radius 2 is 0.810 bits per heavy atom. The van der Waals surface area contributed by atoms with Crippen LogP contribution in [0.25, 0.3) is 111 Å². The maximum Gasteiger partial charge on any atom is 0.161 e. The van der Waals surface area contributed by atoms with Gasteiger partial charge in [0.05, 0.1) is 11.4 Å². The van der Waals surface area contributed by atoms with Crippen molar-refractivity contribution in [3.8, 4) is 78.4 Å². The van der Waals surface area contributed by atoms with Crippen LogP contribution in [0.5, 0.6) is 0 Å². The normalized spacial score (nSPS) is 12.7. The highest BCUT2D eigenvalue weighted by atomic mass is 14.9. The van der Waals surface area contributed by atoms with Gasteiger partial charge in [-0.25, -0.2) is 9.97 Å². The van der Waals surface area contributed by atoms with E-state index in [-0.39, 0.29) is 5.41 Å². The molecule has 2 heterocycles. The molecule has 0 atom stereocenters. The monoisotopic (exact) mass is 803 g/mol. The first-order valence-corrected chi connectivity index (χ1v) is 21.7. The van der Waals surface area contributed by atoms with Crippen LogP contribution in [0.15, 0.2) is 213 Å². The third-order valence-corrected chi connectivity index (χ3v) is 13.2. The SMILES string of the molecule is CC1(C)c2c(cccc2-c2ccc(-c3ccc(-c4nc(-c5ccccc5)cc(-c5ccc(-c6cccnc6)cc5)n4)c4ccccc34)c3ccccc23)-c2ccc3ccccc3c21. The van der Waals surface area contributed by atoms with Gasteiger partial charge in [-0.05, 0) is 106 Å². The summed E-state index contributed by atoms with van der Waals surface area (Å²) in [6.45, 7) is 4.80. The average Bonchev–Trinajstić information content (AvgIpc) is 3.60. The lowest BCUT2D eigenvalue weighted by Gasteiger charge is -2.26. The first kappa shape index (κ1) is 36.8. The maximum atomic E-state index is 5.30. The van der Waals surface area contributed by atoms with E-state index in [1.54, 1.807) is 6.20 Å². The first-order chi connectivity index (χ1) is 31.0. The van der Waals surface area contributed by atoms with Gasteiger partial charge in [0.1, 0.15) is 0 Å². The Hall–Kier alpha value is -8.01. The zero-order valence-corrected chi connectivity index (χ0v) is 35.0. The molecule has 3 heteroatoms. The van der Waals surface area contributed by atoms with Gasteiger partial charge in [0.15, 0.2) is 5.82 Å². The summed E-state index contributed by atoms with van der Waals surface area (Å²) in [5, 5.41) is 7.36. The van der Waals surface area contributed by atoms with Crippen LogP contribution in [0.1, 0.15) is 25.0 Å². The first-order valence-electron chi connectivity index (χ1n) is 21.7. The highest BCUT2D eigenvalue weighted by Crippen LogP contribution is 2.55. The summed E-state index contributed by atoms with van der Waals surface area (Å²) >= 11 is 0. The smallest absolute Gasteiger partial charge is 0.161 e. The molecule has 0 spiro atoms. The number of aromatic nitrogens is 3. The molecule has 0 fully saturated rings. The van der Waals surface area contributed by atoms with Crippen molar-refractivity contribution in [2.45, 2.75) is 19.3 Å². The molecule has 0 saturated heterocycles. The van der Waals surface area contributed by atoms with Gasteiger partial charge in [0.25, 0.3) is 0 Å². The molecule has 0 N–H and O–H groups in total. The second-order valence-corrected chi connectivity index (χ2v) is 17.1. The average molecular weight is 804 g/mol. The number of pyridine rings is 1. The number of benzene rings is 9. The maximum absolute atomic E-state index is 5.30. The molecule has 1 aliphatic rings. The van der Waals surface area contributed by atoms with Crippen LogP contribution >= 0.6 is 0 Å². The quantitative estimate of drug-likeness (QED) is 0.168. The Morgan fingerprint density at radius 3 is 1.44 bits per heavy atom. The molecule has 3 nitrogen and oxygen atoms in total. The number of fused-ring (bicyclic) bond motifs is 7. The second-order valence-electron chi connectivity index (χ2n) is 17.1. The van der Waals surface area contributed by atoms with Crippen molar-refractivity contribution in [2.24, 2.45) is 0 Å². The van der Waals surface area contributed by atoms with Crippen molar-refractivity contribution in [1.29, 1.82) is 0 Å². The summed E-state index contributed by atoms with van der Waals surface area (Å²) in [7, 11) is 0. The molecule has 11 aromatic rings. The van der Waals surface area contributed by atoms with Crippen molar-refractivity contribution in [2.75, 3.05) is 0 Å². The summed E-state index contributed by atoms with van der Waals surface area (Å²) in [4.78, 5) is 14.9. The Kier molecular flexibility index (Phi) is 8.52. The van der Waals surface area contributed by atoms with Crippen molar-refractivity contribution in [1.82, 2.24) is 15.0 Å². The van der Waals surface area contributed by atoms with Crippen LogP contribution in [-0.4, -0.2) is 15.0 Å². The van der Waals surface area contributed by atoms with Gasteiger partial charge in [-0.1, -0.05) is 196 Å². The molecule has 2 aromatic heterocycles. The summed E-state index contributed by atoms with van der Waals surface area (Å²) in [5.74, 6) is 0.694. The summed E-state index contributed by atoms with van der Waals surface area (Å²) < 4.78 is 0. The molecule has 9 aromatic carbocycles. The fraction of sp³-hybridized carbons (Fsp3) is 0.0500. The standard InChI is InChI=1S/C60H41N3/c1-60(2)57-43-18-7-6-14-39(43)29-30-53(57)52-24-12-23-51(58(52)60)50-32-31-48(44-19-8-9-20-45(44)50)49-33-34-54(47-22-11-10-21-46(47)49)59-62-55(40-15-4-3-5-16-40)36-56(63-59)41-27-25-38(26-28-41)42-17-13-35-61-37-42/h3-37H,1-2H3. The van der Waals surface area contributed by atoms with Crippen LogP contribution in [0.3, 0.4) is 0 Å².